The van der Waals surface area contributed by atoms with Gasteiger partial charge in [0.2, 0.25) is 5.95 Å². The molecule has 20 heavy (non-hydrogen) atoms. The summed E-state index contributed by atoms with van der Waals surface area (Å²) in [4.78, 5) is 13.4. The standard InChI is InChI=1S/C15H21N5/c1-19-9-5-6-11(10-19)20(2)14-12-7-3-4-8-13(12)17-15(16)18-14/h3-4,7-8,11H,5-6,9-10H2,1-2H3,(H2,16,17,18). The first kappa shape index (κ1) is 13.1. The van der Waals surface area contributed by atoms with Gasteiger partial charge in [-0.1, -0.05) is 12.1 Å². The van der Waals surface area contributed by atoms with Gasteiger partial charge in [-0.15, -0.1) is 0 Å². The van der Waals surface area contributed by atoms with Crippen LogP contribution in [-0.4, -0.2) is 48.1 Å². The molecule has 1 aliphatic rings. The van der Waals surface area contributed by atoms with E-state index in [1.807, 2.05) is 18.2 Å². The number of likely N-dealkylation sites (N-methyl/N-ethyl adjacent to an activating group) is 2. The van der Waals surface area contributed by atoms with E-state index >= 15 is 0 Å². The lowest BCUT2D eigenvalue weighted by Crippen LogP contribution is -2.45. The van der Waals surface area contributed by atoms with Crippen LogP contribution in [0.15, 0.2) is 24.3 Å². The predicted octanol–water partition coefficient (Wildman–Crippen LogP) is 1.74. The number of nitrogens with two attached hydrogens (primary N) is 1. The van der Waals surface area contributed by atoms with Crippen LogP contribution in [0.5, 0.6) is 0 Å². The third kappa shape index (κ3) is 2.41. The number of aromatic nitrogens is 2. The number of fused-ring (bicyclic) bond motifs is 1. The molecule has 1 aromatic heterocycles. The Morgan fingerprint density at radius 2 is 2.10 bits per heavy atom. The maximum Gasteiger partial charge on any atom is 0.222 e. The molecule has 2 N–H and O–H groups in total. The van der Waals surface area contributed by atoms with E-state index in [2.05, 4.69) is 39.9 Å². The van der Waals surface area contributed by atoms with Crippen molar-refractivity contribution in [3.05, 3.63) is 24.3 Å². The number of hydrogen-bond donors (Lipinski definition) is 1. The van der Waals surface area contributed by atoms with Crippen LogP contribution in [0.3, 0.4) is 0 Å². The Labute approximate surface area is 119 Å². The van der Waals surface area contributed by atoms with Gasteiger partial charge >= 0.3 is 0 Å². The lowest BCUT2D eigenvalue weighted by Gasteiger charge is -2.36. The van der Waals surface area contributed by atoms with E-state index in [-0.39, 0.29) is 0 Å². The third-order valence-electron chi connectivity index (χ3n) is 4.08. The molecule has 1 atom stereocenters. The number of anilines is 2. The van der Waals surface area contributed by atoms with Crippen LogP contribution in [0.4, 0.5) is 11.8 Å². The maximum atomic E-state index is 5.86. The molecular weight excluding hydrogens is 250 g/mol. The number of nitrogens with zero attached hydrogens (tertiary/aromatic N) is 4. The highest BCUT2D eigenvalue weighted by Crippen LogP contribution is 2.27. The summed E-state index contributed by atoms with van der Waals surface area (Å²) in [5.74, 6) is 1.28. The van der Waals surface area contributed by atoms with Gasteiger partial charge in [0.25, 0.3) is 0 Å². The van der Waals surface area contributed by atoms with E-state index in [1.165, 1.54) is 19.4 Å². The predicted molar refractivity (Wildman–Crippen MR) is 82.9 cm³/mol. The van der Waals surface area contributed by atoms with Gasteiger partial charge in [0, 0.05) is 25.0 Å². The molecule has 0 amide bonds. The molecule has 2 aromatic rings. The minimum atomic E-state index is 0.342. The van der Waals surface area contributed by atoms with Crippen molar-refractivity contribution in [3.63, 3.8) is 0 Å². The number of nitrogen functional groups attached to an aromatic ring is 1. The van der Waals surface area contributed by atoms with Crippen LogP contribution in [0.2, 0.25) is 0 Å². The van der Waals surface area contributed by atoms with Gasteiger partial charge in [-0.3, -0.25) is 0 Å². The van der Waals surface area contributed by atoms with Crippen LogP contribution in [0.25, 0.3) is 10.9 Å². The molecule has 3 rings (SSSR count). The average molecular weight is 271 g/mol. The molecule has 0 bridgehead atoms. The van der Waals surface area contributed by atoms with Gasteiger partial charge in [0.1, 0.15) is 5.82 Å². The molecular formula is C15H21N5. The molecule has 0 spiro atoms. The van der Waals surface area contributed by atoms with E-state index in [0.717, 1.165) is 23.3 Å². The molecule has 1 fully saturated rings. The molecule has 2 heterocycles. The Kier molecular flexibility index (Phi) is 3.44. The number of benzene rings is 1. The Bertz CT molecular complexity index is 612. The second-order valence-corrected chi connectivity index (χ2v) is 5.59. The van der Waals surface area contributed by atoms with Crippen molar-refractivity contribution in [2.24, 2.45) is 0 Å². The lowest BCUT2D eigenvalue weighted by atomic mass is 10.0. The molecule has 1 aliphatic heterocycles. The van der Waals surface area contributed by atoms with Crippen LogP contribution < -0.4 is 10.6 Å². The minimum absolute atomic E-state index is 0.342. The second kappa shape index (κ2) is 5.25. The van der Waals surface area contributed by atoms with E-state index in [0.29, 0.717) is 12.0 Å². The summed E-state index contributed by atoms with van der Waals surface area (Å²) in [6.07, 6.45) is 2.42. The van der Waals surface area contributed by atoms with Crippen LogP contribution in [0, 0.1) is 0 Å². The van der Waals surface area contributed by atoms with Crippen molar-refractivity contribution in [1.29, 1.82) is 0 Å². The van der Waals surface area contributed by atoms with Crippen LogP contribution >= 0.6 is 0 Å². The monoisotopic (exact) mass is 271 g/mol. The Balaban J connectivity index is 2.00. The molecule has 5 heteroatoms. The summed E-state index contributed by atoms with van der Waals surface area (Å²) in [5.41, 5.74) is 6.77. The molecule has 106 valence electrons. The topological polar surface area (TPSA) is 58.3 Å². The summed E-state index contributed by atoms with van der Waals surface area (Å²) in [6, 6.07) is 8.52. The van der Waals surface area contributed by atoms with Gasteiger partial charge in [0.15, 0.2) is 0 Å². The zero-order valence-electron chi connectivity index (χ0n) is 12.1. The largest absolute Gasteiger partial charge is 0.368 e. The Morgan fingerprint density at radius 3 is 2.90 bits per heavy atom. The van der Waals surface area contributed by atoms with Crippen molar-refractivity contribution in [2.75, 3.05) is 37.8 Å². The average Bonchev–Trinajstić information content (AvgIpc) is 2.45. The van der Waals surface area contributed by atoms with Crippen molar-refractivity contribution < 1.29 is 0 Å². The number of likely N-dealkylation sites (tertiary alicyclic amines) is 1. The van der Waals surface area contributed by atoms with Crippen LogP contribution in [0.1, 0.15) is 12.8 Å². The van der Waals surface area contributed by atoms with Crippen LogP contribution in [-0.2, 0) is 0 Å². The quantitative estimate of drug-likeness (QED) is 0.901. The highest BCUT2D eigenvalue weighted by atomic mass is 15.3. The fraction of sp³-hybridized carbons (Fsp3) is 0.467. The van der Waals surface area contributed by atoms with E-state index in [4.69, 9.17) is 5.73 Å². The third-order valence-corrected chi connectivity index (χ3v) is 4.08. The first-order valence-electron chi connectivity index (χ1n) is 7.09. The first-order valence-corrected chi connectivity index (χ1v) is 7.09. The smallest absolute Gasteiger partial charge is 0.222 e. The molecule has 1 unspecified atom stereocenters. The van der Waals surface area contributed by atoms with Gasteiger partial charge in [-0.2, -0.15) is 4.98 Å². The van der Waals surface area contributed by atoms with Crippen molar-refractivity contribution in [3.8, 4) is 0 Å². The highest BCUT2D eigenvalue weighted by molar-refractivity contribution is 5.90. The molecule has 0 radical (unpaired) electrons. The molecule has 1 saturated heterocycles. The van der Waals surface area contributed by atoms with Crippen molar-refractivity contribution in [1.82, 2.24) is 14.9 Å². The number of rotatable bonds is 2. The number of hydrogen-bond acceptors (Lipinski definition) is 5. The molecule has 1 aromatic carbocycles. The summed E-state index contributed by atoms with van der Waals surface area (Å²) in [6.45, 7) is 2.24. The molecule has 0 saturated carbocycles. The summed E-state index contributed by atoms with van der Waals surface area (Å²) < 4.78 is 0. The summed E-state index contributed by atoms with van der Waals surface area (Å²) in [7, 11) is 4.28. The lowest BCUT2D eigenvalue weighted by molar-refractivity contribution is 0.247. The van der Waals surface area contributed by atoms with Gasteiger partial charge in [0.05, 0.1) is 5.52 Å². The molecule has 5 nitrogen and oxygen atoms in total. The Hall–Kier alpha value is -1.88. The highest BCUT2D eigenvalue weighted by Gasteiger charge is 2.23. The summed E-state index contributed by atoms with van der Waals surface area (Å²) in [5, 5.41) is 1.07. The van der Waals surface area contributed by atoms with Gasteiger partial charge in [-0.05, 0) is 38.6 Å². The van der Waals surface area contributed by atoms with Crippen molar-refractivity contribution >= 4 is 22.7 Å². The molecule has 0 aliphatic carbocycles. The normalized spacial score (nSPS) is 20.2. The van der Waals surface area contributed by atoms with E-state index < -0.39 is 0 Å². The minimum Gasteiger partial charge on any atom is -0.368 e. The van der Waals surface area contributed by atoms with E-state index in [9.17, 15) is 0 Å². The number of para-hydroxylation sites is 1. The first-order chi connectivity index (χ1) is 9.65. The zero-order valence-corrected chi connectivity index (χ0v) is 12.1. The van der Waals surface area contributed by atoms with Gasteiger partial charge < -0.3 is 15.5 Å². The fourth-order valence-corrected chi connectivity index (χ4v) is 2.97. The Morgan fingerprint density at radius 1 is 1.30 bits per heavy atom. The second-order valence-electron chi connectivity index (χ2n) is 5.59. The van der Waals surface area contributed by atoms with Crippen molar-refractivity contribution in [2.45, 2.75) is 18.9 Å². The SMILES string of the molecule is CN1CCCC(N(C)c2nc(N)nc3ccccc23)C1. The fourth-order valence-electron chi connectivity index (χ4n) is 2.97. The van der Waals surface area contributed by atoms with E-state index in [1.54, 1.807) is 0 Å². The van der Waals surface area contributed by atoms with Gasteiger partial charge in [-0.25, -0.2) is 4.98 Å². The summed E-state index contributed by atoms with van der Waals surface area (Å²) >= 11 is 0. The number of piperidine rings is 1. The zero-order chi connectivity index (χ0) is 14.1. The maximum absolute atomic E-state index is 5.86.